The molecule has 2 nitrogen and oxygen atoms in total. The molecule has 118 valence electrons. The summed E-state index contributed by atoms with van der Waals surface area (Å²) in [5.74, 6) is -0.389. The Kier molecular flexibility index (Phi) is 3.47. The normalized spacial score (nSPS) is 33.7. The molecule has 0 amide bonds. The highest BCUT2D eigenvalue weighted by Gasteiger charge is 2.55. The molecule has 0 heterocycles. The number of rotatable bonds is 2. The van der Waals surface area contributed by atoms with Crippen LogP contribution in [0.3, 0.4) is 0 Å². The van der Waals surface area contributed by atoms with Gasteiger partial charge in [0, 0.05) is 0 Å². The standard InChI is InChI=1S/C20H26O2/c1-13(2)14-6-8-16-15(12-14)7-9-17-19(16,3)10-5-11-20(17,4)18(21)22/h6,8,12,17H,1,5,7,9-11H2,2-4H3,(H,21,22)/t17-,19-,20-/m1/s1. The van der Waals surface area contributed by atoms with Gasteiger partial charge in [0.1, 0.15) is 0 Å². The van der Waals surface area contributed by atoms with Crippen LogP contribution in [0.4, 0.5) is 0 Å². The summed E-state index contributed by atoms with van der Waals surface area (Å²) in [5.41, 5.74) is 4.48. The Morgan fingerprint density at radius 2 is 2.05 bits per heavy atom. The van der Waals surface area contributed by atoms with Gasteiger partial charge in [-0.15, -0.1) is 0 Å². The summed E-state index contributed by atoms with van der Waals surface area (Å²) in [6, 6.07) is 6.66. The molecule has 1 aromatic rings. The SMILES string of the molecule is C=C(C)c1ccc2c(c1)CC[C@H]1[C@](C)(C(=O)O)CCC[C@]21C. The predicted molar refractivity (Wildman–Crippen MR) is 89.9 cm³/mol. The Balaban J connectivity index is 2.09. The average Bonchev–Trinajstić information content (AvgIpc) is 2.46. The van der Waals surface area contributed by atoms with Gasteiger partial charge in [-0.25, -0.2) is 0 Å². The molecule has 3 atom stereocenters. The summed E-state index contributed by atoms with van der Waals surface area (Å²) in [5, 5.41) is 9.80. The van der Waals surface area contributed by atoms with Crippen LogP contribution in [0.2, 0.25) is 0 Å². The van der Waals surface area contributed by atoms with Crippen LogP contribution in [0.15, 0.2) is 24.8 Å². The molecule has 2 aliphatic carbocycles. The van der Waals surface area contributed by atoms with Crippen molar-refractivity contribution in [3.05, 3.63) is 41.5 Å². The van der Waals surface area contributed by atoms with Crippen molar-refractivity contribution in [2.24, 2.45) is 11.3 Å². The zero-order valence-electron chi connectivity index (χ0n) is 13.9. The van der Waals surface area contributed by atoms with E-state index >= 15 is 0 Å². The van der Waals surface area contributed by atoms with Gasteiger partial charge in [-0.1, -0.05) is 43.7 Å². The van der Waals surface area contributed by atoms with Gasteiger partial charge in [-0.2, -0.15) is 0 Å². The highest BCUT2D eigenvalue weighted by Crippen LogP contribution is 2.57. The second-order valence-electron chi connectivity index (χ2n) is 7.74. The van der Waals surface area contributed by atoms with Gasteiger partial charge in [-0.3, -0.25) is 4.79 Å². The molecule has 0 aromatic heterocycles. The predicted octanol–water partition coefficient (Wildman–Crippen LogP) is 4.81. The number of aliphatic carboxylic acids is 1. The molecule has 3 rings (SSSR count). The quantitative estimate of drug-likeness (QED) is 0.850. The van der Waals surface area contributed by atoms with Crippen molar-refractivity contribution >= 4 is 11.5 Å². The Morgan fingerprint density at radius 3 is 2.68 bits per heavy atom. The Labute approximate surface area is 133 Å². The zero-order chi connectivity index (χ0) is 16.1. The maximum atomic E-state index is 11.9. The lowest BCUT2D eigenvalue weighted by atomic mass is 9.50. The van der Waals surface area contributed by atoms with Crippen LogP contribution < -0.4 is 0 Å². The number of hydrogen-bond donors (Lipinski definition) is 1. The van der Waals surface area contributed by atoms with Gasteiger partial charge >= 0.3 is 5.97 Å². The minimum Gasteiger partial charge on any atom is -0.481 e. The van der Waals surface area contributed by atoms with Crippen molar-refractivity contribution in [2.75, 3.05) is 0 Å². The Morgan fingerprint density at radius 1 is 1.32 bits per heavy atom. The summed E-state index contributed by atoms with van der Waals surface area (Å²) in [4.78, 5) is 11.9. The second kappa shape index (κ2) is 4.97. The van der Waals surface area contributed by atoms with Crippen LogP contribution in [0, 0.1) is 11.3 Å². The Hall–Kier alpha value is -1.57. The molecule has 1 saturated carbocycles. The summed E-state index contributed by atoms with van der Waals surface area (Å²) >= 11 is 0. The molecule has 22 heavy (non-hydrogen) atoms. The van der Waals surface area contributed by atoms with Gasteiger partial charge in [0.15, 0.2) is 0 Å². The van der Waals surface area contributed by atoms with Gasteiger partial charge in [0.05, 0.1) is 5.41 Å². The number of carboxylic acid groups (broad SMARTS) is 1. The van der Waals surface area contributed by atoms with E-state index in [1.165, 1.54) is 16.7 Å². The Bertz CT molecular complexity index is 645. The summed E-state index contributed by atoms with van der Waals surface area (Å²) in [6.45, 7) is 10.3. The van der Waals surface area contributed by atoms with Crippen molar-refractivity contribution in [3.63, 3.8) is 0 Å². The molecule has 0 saturated heterocycles. The van der Waals surface area contributed by atoms with Crippen molar-refractivity contribution in [3.8, 4) is 0 Å². The first kappa shape index (κ1) is 15.3. The first-order valence-corrected chi connectivity index (χ1v) is 8.32. The summed E-state index contributed by atoms with van der Waals surface area (Å²) in [6.07, 6.45) is 4.87. The highest BCUT2D eigenvalue weighted by atomic mass is 16.4. The fourth-order valence-electron chi connectivity index (χ4n) is 5.01. The maximum Gasteiger partial charge on any atom is 0.309 e. The van der Waals surface area contributed by atoms with E-state index in [4.69, 9.17) is 0 Å². The molecular weight excluding hydrogens is 272 g/mol. The number of hydrogen-bond acceptors (Lipinski definition) is 1. The van der Waals surface area contributed by atoms with Crippen LogP contribution in [0.1, 0.15) is 63.1 Å². The van der Waals surface area contributed by atoms with Crippen LogP contribution >= 0.6 is 0 Å². The number of allylic oxidation sites excluding steroid dienone is 1. The van der Waals surface area contributed by atoms with Crippen LogP contribution in [-0.2, 0) is 16.6 Å². The zero-order valence-corrected chi connectivity index (χ0v) is 13.9. The van der Waals surface area contributed by atoms with E-state index in [1.807, 2.05) is 13.8 Å². The average molecular weight is 298 g/mol. The van der Waals surface area contributed by atoms with Crippen LogP contribution in [-0.4, -0.2) is 11.1 Å². The fraction of sp³-hybridized carbons (Fsp3) is 0.550. The largest absolute Gasteiger partial charge is 0.481 e. The molecule has 0 unspecified atom stereocenters. The molecule has 0 bridgehead atoms. The molecule has 1 fully saturated rings. The van der Waals surface area contributed by atoms with E-state index in [2.05, 4.69) is 31.7 Å². The van der Waals surface area contributed by atoms with Crippen LogP contribution in [0.5, 0.6) is 0 Å². The number of benzene rings is 1. The topological polar surface area (TPSA) is 37.3 Å². The molecule has 2 aliphatic rings. The van der Waals surface area contributed by atoms with Gasteiger partial charge in [0.25, 0.3) is 0 Å². The van der Waals surface area contributed by atoms with E-state index < -0.39 is 11.4 Å². The van der Waals surface area contributed by atoms with Gasteiger partial charge < -0.3 is 5.11 Å². The van der Waals surface area contributed by atoms with Gasteiger partial charge in [0.2, 0.25) is 0 Å². The van der Waals surface area contributed by atoms with E-state index in [1.54, 1.807) is 0 Å². The molecule has 0 radical (unpaired) electrons. The molecule has 0 aliphatic heterocycles. The highest BCUT2D eigenvalue weighted by molar-refractivity contribution is 5.75. The van der Waals surface area contributed by atoms with E-state index in [9.17, 15) is 9.90 Å². The number of aryl methyl sites for hydroxylation is 1. The van der Waals surface area contributed by atoms with Crippen molar-refractivity contribution in [1.29, 1.82) is 0 Å². The molecular formula is C20H26O2. The molecule has 1 N–H and O–H groups in total. The first-order chi connectivity index (χ1) is 10.3. The first-order valence-electron chi connectivity index (χ1n) is 8.32. The lowest BCUT2D eigenvalue weighted by Gasteiger charge is -2.53. The molecule has 0 spiro atoms. The molecule has 2 heteroatoms. The maximum absolute atomic E-state index is 11.9. The van der Waals surface area contributed by atoms with Crippen molar-refractivity contribution in [1.82, 2.24) is 0 Å². The van der Waals surface area contributed by atoms with Crippen molar-refractivity contribution in [2.45, 2.75) is 58.3 Å². The van der Waals surface area contributed by atoms with Crippen LogP contribution in [0.25, 0.3) is 5.57 Å². The van der Waals surface area contributed by atoms with E-state index in [0.717, 1.165) is 37.7 Å². The number of carboxylic acids is 1. The van der Waals surface area contributed by atoms with E-state index in [-0.39, 0.29) is 11.3 Å². The fourth-order valence-corrected chi connectivity index (χ4v) is 5.01. The monoisotopic (exact) mass is 298 g/mol. The third kappa shape index (κ3) is 2.04. The lowest BCUT2D eigenvalue weighted by molar-refractivity contribution is -0.157. The van der Waals surface area contributed by atoms with E-state index in [0.29, 0.717) is 0 Å². The van der Waals surface area contributed by atoms with Gasteiger partial charge in [-0.05, 0) is 67.6 Å². The summed E-state index contributed by atoms with van der Waals surface area (Å²) < 4.78 is 0. The third-order valence-electron chi connectivity index (χ3n) is 6.33. The third-order valence-corrected chi connectivity index (χ3v) is 6.33. The molecule has 1 aromatic carbocycles. The number of fused-ring (bicyclic) bond motifs is 3. The minimum absolute atomic E-state index is 0.00736. The minimum atomic E-state index is -0.620. The lowest BCUT2D eigenvalue weighted by Crippen LogP contribution is -2.52. The smallest absolute Gasteiger partial charge is 0.309 e. The number of carbonyl (C=O) groups is 1. The van der Waals surface area contributed by atoms with Crippen molar-refractivity contribution < 1.29 is 9.90 Å². The second-order valence-corrected chi connectivity index (χ2v) is 7.74. The summed E-state index contributed by atoms with van der Waals surface area (Å²) in [7, 11) is 0.